The quantitative estimate of drug-likeness (QED) is 0.299. The van der Waals surface area contributed by atoms with E-state index in [1.807, 2.05) is 44.4 Å². The van der Waals surface area contributed by atoms with Gasteiger partial charge in [0.15, 0.2) is 5.96 Å². The van der Waals surface area contributed by atoms with Gasteiger partial charge in [0.1, 0.15) is 11.6 Å². The standard InChI is InChI=1S/C20H25FN6.HI/c1-3-22-20(24-8-12-26-10-4-5-11-26)25-15-17-6-7-19(18(21)14-17)27-13-9-23-16(27)2;/h4-7,9-11,13-14H,3,8,12,15H2,1-2H3,(H2,22,24,25);1H. The minimum absolute atomic E-state index is 0. The molecule has 28 heavy (non-hydrogen) atoms. The number of guanidine groups is 1. The summed E-state index contributed by atoms with van der Waals surface area (Å²) in [7, 11) is 0. The van der Waals surface area contributed by atoms with Gasteiger partial charge in [0.25, 0.3) is 0 Å². The minimum atomic E-state index is -0.283. The van der Waals surface area contributed by atoms with Gasteiger partial charge >= 0.3 is 0 Å². The van der Waals surface area contributed by atoms with Gasteiger partial charge in [0, 0.05) is 44.4 Å². The summed E-state index contributed by atoms with van der Waals surface area (Å²) in [5.41, 5.74) is 1.31. The Hall–Kier alpha value is -2.36. The van der Waals surface area contributed by atoms with E-state index >= 15 is 0 Å². The highest BCUT2D eigenvalue weighted by Crippen LogP contribution is 2.17. The third-order valence-corrected chi connectivity index (χ3v) is 4.19. The average Bonchev–Trinajstić information content (AvgIpc) is 3.32. The van der Waals surface area contributed by atoms with E-state index in [0.29, 0.717) is 12.2 Å². The fourth-order valence-electron chi connectivity index (χ4n) is 2.81. The second kappa shape index (κ2) is 10.8. The SMILES string of the molecule is CCNC(=NCc1ccc(-n2ccnc2C)c(F)c1)NCCn1cccc1.I. The maximum atomic E-state index is 14.5. The molecule has 0 radical (unpaired) electrons. The number of aryl methyl sites for hydroxylation is 1. The third kappa shape index (κ3) is 5.82. The molecule has 0 fully saturated rings. The van der Waals surface area contributed by atoms with E-state index in [9.17, 15) is 4.39 Å². The lowest BCUT2D eigenvalue weighted by molar-refractivity contribution is 0.614. The molecular formula is C20H26FIN6. The van der Waals surface area contributed by atoms with Gasteiger partial charge in [-0.25, -0.2) is 14.4 Å². The van der Waals surface area contributed by atoms with Crippen LogP contribution in [0.15, 0.2) is 60.1 Å². The molecule has 3 rings (SSSR count). The van der Waals surface area contributed by atoms with Crippen molar-refractivity contribution in [2.75, 3.05) is 13.1 Å². The van der Waals surface area contributed by atoms with Gasteiger partial charge in [-0.1, -0.05) is 6.07 Å². The summed E-state index contributed by atoms with van der Waals surface area (Å²) in [5, 5.41) is 6.51. The van der Waals surface area contributed by atoms with E-state index in [2.05, 4.69) is 25.2 Å². The predicted octanol–water partition coefficient (Wildman–Crippen LogP) is 3.49. The van der Waals surface area contributed by atoms with Crippen LogP contribution in [0.25, 0.3) is 5.69 Å². The lowest BCUT2D eigenvalue weighted by Crippen LogP contribution is -2.38. The van der Waals surface area contributed by atoms with Crippen LogP contribution in [-0.4, -0.2) is 33.2 Å². The topological polar surface area (TPSA) is 59.2 Å². The molecule has 0 saturated heterocycles. The number of benzene rings is 1. The fraction of sp³-hybridized carbons (Fsp3) is 0.300. The molecule has 0 bridgehead atoms. The van der Waals surface area contributed by atoms with Crippen molar-refractivity contribution in [2.24, 2.45) is 4.99 Å². The summed E-state index contributed by atoms with van der Waals surface area (Å²) < 4.78 is 18.3. The molecule has 0 aliphatic carbocycles. The molecule has 0 atom stereocenters. The van der Waals surface area contributed by atoms with Gasteiger partial charge in [-0.15, -0.1) is 24.0 Å². The molecule has 0 amide bonds. The number of aromatic nitrogens is 3. The second-order valence-electron chi connectivity index (χ2n) is 6.17. The summed E-state index contributed by atoms with van der Waals surface area (Å²) in [6.45, 7) is 6.64. The number of halogens is 2. The van der Waals surface area contributed by atoms with Crippen LogP contribution in [0.1, 0.15) is 18.3 Å². The van der Waals surface area contributed by atoms with Gasteiger partial charge in [-0.2, -0.15) is 0 Å². The highest BCUT2D eigenvalue weighted by molar-refractivity contribution is 14.0. The number of hydrogen-bond acceptors (Lipinski definition) is 2. The molecule has 0 aliphatic rings. The van der Waals surface area contributed by atoms with E-state index in [0.717, 1.165) is 37.0 Å². The second-order valence-corrected chi connectivity index (χ2v) is 6.17. The number of imidazole rings is 1. The monoisotopic (exact) mass is 496 g/mol. The summed E-state index contributed by atoms with van der Waals surface area (Å²) in [5.74, 6) is 1.19. The first-order valence-corrected chi connectivity index (χ1v) is 9.09. The van der Waals surface area contributed by atoms with Crippen LogP contribution in [0.4, 0.5) is 4.39 Å². The molecule has 6 nitrogen and oxygen atoms in total. The van der Waals surface area contributed by atoms with Crippen molar-refractivity contribution in [1.82, 2.24) is 24.8 Å². The molecular weight excluding hydrogens is 470 g/mol. The molecule has 1 aromatic carbocycles. The molecule has 2 aromatic heterocycles. The number of nitrogens with zero attached hydrogens (tertiary/aromatic N) is 4. The molecule has 0 unspecified atom stereocenters. The van der Waals surface area contributed by atoms with Crippen LogP contribution in [0.3, 0.4) is 0 Å². The predicted molar refractivity (Wildman–Crippen MR) is 121 cm³/mol. The molecule has 150 valence electrons. The highest BCUT2D eigenvalue weighted by atomic mass is 127. The molecule has 3 aromatic rings. The Morgan fingerprint density at radius 2 is 1.96 bits per heavy atom. The Kier molecular flexibility index (Phi) is 8.49. The van der Waals surface area contributed by atoms with Crippen molar-refractivity contribution >= 4 is 29.9 Å². The van der Waals surface area contributed by atoms with Gasteiger partial charge < -0.3 is 19.8 Å². The lowest BCUT2D eigenvalue weighted by Gasteiger charge is -2.12. The highest BCUT2D eigenvalue weighted by Gasteiger charge is 2.08. The number of hydrogen-bond donors (Lipinski definition) is 2. The Morgan fingerprint density at radius 3 is 2.61 bits per heavy atom. The molecule has 8 heteroatoms. The number of nitrogens with one attached hydrogen (secondary N) is 2. The molecule has 0 saturated carbocycles. The van der Waals surface area contributed by atoms with Crippen LogP contribution >= 0.6 is 24.0 Å². The van der Waals surface area contributed by atoms with Crippen LogP contribution in [0.2, 0.25) is 0 Å². The van der Waals surface area contributed by atoms with Crippen LogP contribution in [-0.2, 0) is 13.1 Å². The summed E-state index contributed by atoms with van der Waals surface area (Å²) in [4.78, 5) is 8.69. The molecule has 0 aliphatic heterocycles. The fourth-order valence-corrected chi connectivity index (χ4v) is 2.81. The minimum Gasteiger partial charge on any atom is -0.357 e. The summed E-state index contributed by atoms with van der Waals surface area (Å²) in [6, 6.07) is 9.19. The summed E-state index contributed by atoms with van der Waals surface area (Å²) >= 11 is 0. The average molecular weight is 496 g/mol. The van der Waals surface area contributed by atoms with E-state index in [4.69, 9.17) is 0 Å². The Morgan fingerprint density at radius 1 is 1.18 bits per heavy atom. The Bertz CT molecular complexity index is 888. The van der Waals surface area contributed by atoms with Crippen molar-refractivity contribution in [2.45, 2.75) is 26.9 Å². The number of rotatable bonds is 7. The smallest absolute Gasteiger partial charge is 0.191 e. The zero-order valence-corrected chi connectivity index (χ0v) is 18.4. The van der Waals surface area contributed by atoms with E-state index in [-0.39, 0.29) is 29.8 Å². The molecule has 2 N–H and O–H groups in total. The first-order chi connectivity index (χ1) is 13.2. The van der Waals surface area contributed by atoms with E-state index in [1.165, 1.54) is 6.07 Å². The van der Waals surface area contributed by atoms with E-state index < -0.39 is 0 Å². The molecule has 2 heterocycles. The zero-order valence-electron chi connectivity index (χ0n) is 16.1. The lowest BCUT2D eigenvalue weighted by atomic mass is 10.2. The van der Waals surface area contributed by atoms with Gasteiger partial charge in [0.05, 0.1) is 12.2 Å². The first kappa shape index (κ1) is 21.9. The zero-order chi connectivity index (χ0) is 19.1. The Balaban J connectivity index is 0.00000280. The van der Waals surface area contributed by atoms with E-state index in [1.54, 1.807) is 23.0 Å². The summed E-state index contributed by atoms with van der Waals surface area (Å²) in [6.07, 6.45) is 7.47. The van der Waals surface area contributed by atoms with Crippen LogP contribution in [0.5, 0.6) is 0 Å². The van der Waals surface area contributed by atoms with Crippen molar-refractivity contribution in [3.63, 3.8) is 0 Å². The van der Waals surface area contributed by atoms with Crippen LogP contribution < -0.4 is 10.6 Å². The third-order valence-electron chi connectivity index (χ3n) is 4.19. The van der Waals surface area contributed by atoms with Crippen molar-refractivity contribution in [1.29, 1.82) is 0 Å². The maximum Gasteiger partial charge on any atom is 0.191 e. The van der Waals surface area contributed by atoms with Crippen molar-refractivity contribution in [3.8, 4) is 5.69 Å². The maximum absolute atomic E-state index is 14.5. The molecule has 0 spiro atoms. The normalized spacial score (nSPS) is 11.2. The van der Waals surface area contributed by atoms with Gasteiger partial charge in [0.2, 0.25) is 0 Å². The van der Waals surface area contributed by atoms with Crippen molar-refractivity contribution in [3.05, 3.63) is 72.3 Å². The van der Waals surface area contributed by atoms with Gasteiger partial charge in [-0.05, 0) is 43.7 Å². The first-order valence-electron chi connectivity index (χ1n) is 9.09. The Labute approximate surface area is 181 Å². The number of aliphatic imine (C=N–C) groups is 1. The van der Waals surface area contributed by atoms with Crippen molar-refractivity contribution < 1.29 is 4.39 Å². The van der Waals surface area contributed by atoms with Crippen LogP contribution in [0, 0.1) is 12.7 Å². The largest absolute Gasteiger partial charge is 0.357 e. The van der Waals surface area contributed by atoms with Gasteiger partial charge in [-0.3, -0.25) is 0 Å².